The molecule has 0 aromatic carbocycles. The molecule has 0 amide bonds. The Morgan fingerprint density at radius 3 is 2.79 bits per heavy atom. The molecule has 4 heterocycles. The molecule has 1 unspecified atom stereocenters. The van der Waals surface area contributed by atoms with Crippen LogP contribution in [0.4, 0.5) is 0 Å². The van der Waals surface area contributed by atoms with Crippen LogP contribution in [0.5, 0.6) is 11.5 Å². The topological polar surface area (TPSA) is 78.3 Å². The van der Waals surface area contributed by atoms with Crippen molar-refractivity contribution in [3.8, 4) is 11.5 Å². The summed E-state index contributed by atoms with van der Waals surface area (Å²) >= 11 is 3.46. The largest absolute Gasteiger partial charge is 0.486 e. The predicted octanol–water partition coefficient (Wildman–Crippen LogP) is 5.01. The van der Waals surface area contributed by atoms with Crippen LogP contribution in [0, 0.1) is 0 Å². The summed E-state index contributed by atoms with van der Waals surface area (Å²) in [6.45, 7) is 8.90. The lowest BCUT2D eigenvalue weighted by Crippen LogP contribution is -2.29. The fourth-order valence-electron chi connectivity index (χ4n) is 4.18. The number of fused-ring (bicyclic) bond motifs is 2. The van der Waals surface area contributed by atoms with E-state index in [2.05, 4.69) is 44.7 Å². The number of hydrogen-bond donors (Lipinski definition) is 1. The van der Waals surface area contributed by atoms with Gasteiger partial charge in [-0.3, -0.25) is 14.8 Å². The van der Waals surface area contributed by atoms with Crippen LogP contribution in [0.3, 0.4) is 0 Å². The van der Waals surface area contributed by atoms with Gasteiger partial charge in [0.1, 0.15) is 13.2 Å². The van der Waals surface area contributed by atoms with E-state index in [-0.39, 0.29) is 5.56 Å². The van der Waals surface area contributed by atoms with E-state index in [9.17, 15) is 4.79 Å². The summed E-state index contributed by atoms with van der Waals surface area (Å²) in [7, 11) is 0. The second kappa shape index (κ2) is 11.6. The Labute approximate surface area is 208 Å². The molecule has 0 spiro atoms. The second-order valence-electron chi connectivity index (χ2n) is 8.61. The molecule has 180 valence electrons. The first-order valence-corrected chi connectivity index (χ1v) is 12.6. The minimum Gasteiger partial charge on any atom is -0.486 e. The van der Waals surface area contributed by atoms with Crippen molar-refractivity contribution >= 4 is 27.0 Å². The molecule has 8 heteroatoms. The highest BCUT2D eigenvalue weighted by atomic mass is 79.9. The standard InChI is InChI=1S/C26H31BrN4O3/c1-3-4-20(28-16-21-14-24-25(17-29-21)34-12-11-33-24)6-5-18(2)9-10-31-23-13-19(27)15-30-22(23)7-8-26(31)32/h7-8,13-15,17,20,28H,2-6,9-12,16H2,1H3. The van der Waals surface area contributed by atoms with E-state index in [1.165, 1.54) is 0 Å². The number of allylic oxidation sites excluding steroid dienone is 1. The highest BCUT2D eigenvalue weighted by molar-refractivity contribution is 9.10. The van der Waals surface area contributed by atoms with E-state index < -0.39 is 0 Å². The molecule has 4 rings (SSSR count). The molecule has 1 N–H and O–H groups in total. The van der Waals surface area contributed by atoms with Crippen molar-refractivity contribution in [2.75, 3.05) is 13.2 Å². The van der Waals surface area contributed by atoms with Gasteiger partial charge in [-0.05, 0) is 53.7 Å². The number of hydrogen-bond acceptors (Lipinski definition) is 6. The zero-order valence-electron chi connectivity index (χ0n) is 19.6. The Kier molecular flexibility index (Phi) is 8.34. The van der Waals surface area contributed by atoms with Crippen LogP contribution < -0.4 is 20.3 Å². The maximum atomic E-state index is 12.5. The predicted molar refractivity (Wildman–Crippen MR) is 137 cm³/mol. The van der Waals surface area contributed by atoms with Gasteiger partial charge in [-0.15, -0.1) is 0 Å². The van der Waals surface area contributed by atoms with Crippen LogP contribution >= 0.6 is 15.9 Å². The maximum Gasteiger partial charge on any atom is 0.251 e. The van der Waals surface area contributed by atoms with Crippen LogP contribution in [-0.2, 0) is 13.1 Å². The zero-order valence-corrected chi connectivity index (χ0v) is 21.1. The number of nitrogens with one attached hydrogen (secondary N) is 1. The van der Waals surface area contributed by atoms with Crippen LogP contribution in [-0.4, -0.2) is 33.8 Å². The van der Waals surface area contributed by atoms with Gasteiger partial charge in [0.05, 0.1) is 22.9 Å². The number of nitrogens with zero attached hydrogens (tertiary/aromatic N) is 3. The van der Waals surface area contributed by atoms with Crippen molar-refractivity contribution in [2.24, 2.45) is 0 Å². The van der Waals surface area contributed by atoms with E-state index in [0.29, 0.717) is 38.1 Å². The Hall–Kier alpha value is -2.71. The summed E-state index contributed by atoms with van der Waals surface area (Å²) in [6.07, 6.45) is 8.34. The normalized spacial score (nSPS) is 13.7. The smallest absolute Gasteiger partial charge is 0.251 e. The highest BCUT2D eigenvalue weighted by Gasteiger charge is 2.14. The fourth-order valence-corrected chi connectivity index (χ4v) is 4.50. The van der Waals surface area contributed by atoms with Crippen molar-refractivity contribution in [3.63, 3.8) is 0 Å². The summed E-state index contributed by atoms with van der Waals surface area (Å²) in [5.41, 5.74) is 3.73. The van der Waals surface area contributed by atoms with Gasteiger partial charge in [0, 0.05) is 41.9 Å². The molecule has 0 fully saturated rings. The van der Waals surface area contributed by atoms with E-state index in [0.717, 1.165) is 64.6 Å². The first-order chi connectivity index (χ1) is 16.5. The van der Waals surface area contributed by atoms with Gasteiger partial charge in [-0.1, -0.05) is 25.5 Å². The first-order valence-electron chi connectivity index (χ1n) is 11.8. The molecule has 0 saturated heterocycles. The van der Waals surface area contributed by atoms with Crippen molar-refractivity contribution < 1.29 is 9.47 Å². The number of aryl methyl sites for hydroxylation is 1. The van der Waals surface area contributed by atoms with Crippen molar-refractivity contribution in [2.45, 2.75) is 58.2 Å². The molecule has 3 aromatic heterocycles. The Morgan fingerprint density at radius 1 is 1.15 bits per heavy atom. The third kappa shape index (κ3) is 6.24. The van der Waals surface area contributed by atoms with E-state index >= 15 is 0 Å². The maximum absolute atomic E-state index is 12.5. The Balaban J connectivity index is 1.30. The van der Waals surface area contributed by atoms with Gasteiger partial charge in [-0.2, -0.15) is 0 Å². The van der Waals surface area contributed by atoms with Crippen LogP contribution in [0.1, 0.15) is 44.7 Å². The lowest BCUT2D eigenvalue weighted by molar-refractivity contribution is 0.170. The molecule has 0 radical (unpaired) electrons. The average Bonchev–Trinajstić information content (AvgIpc) is 2.85. The van der Waals surface area contributed by atoms with Gasteiger partial charge < -0.3 is 19.4 Å². The molecule has 34 heavy (non-hydrogen) atoms. The van der Waals surface area contributed by atoms with E-state index in [1.54, 1.807) is 29.1 Å². The summed E-state index contributed by atoms with van der Waals surface area (Å²) in [5.74, 6) is 1.48. The molecular weight excluding hydrogens is 496 g/mol. The lowest BCUT2D eigenvalue weighted by Gasteiger charge is -2.21. The van der Waals surface area contributed by atoms with Gasteiger partial charge >= 0.3 is 0 Å². The number of pyridine rings is 3. The second-order valence-corrected chi connectivity index (χ2v) is 9.52. The van der Waals surface area contributed by atoms with E-state index in [4.69, 9.17) is 9.47 Å². The van der Waals surface area contributed by atoms with E-state index in [1.807, 2.05) is 12.1 Å². The summed E-state index contributed by atoms with van der Waals surface area (Å²) in [6, 6.07) is 7.63. The van der Waals surface area contributed by atoms with Crippen molar-refractivity contribution in [1.82, 2.24) is 19.9 Å². The summed E-state index contributed by atoms with van der Waals surface area (Å²) < 4.78 is 13.9. The number of halogens is 1. The SMILES string of the molecule is C=C(CCC(CCC)NCc1cc2c(cn1)OCCO2)CCn1c(=O)ccc2ncc(Br)cc21. The Bertz CT molecular complexity index is 1210. The first kappa shape index (κ1) is 24.4. The van der Waals surface area contributed by atoms with Crippen molar-refractivity contribution in [3.05, 3.63) is 69.3 Å². The van der Waals surface area contributed by atoms with Gasteiger partial charge in [-0.25, -0.2) is 0 Å². The van der Waals surface area contributed by atoms with Crippen LogP contribution in [0.2, 0.25) is 0 Å². The van der Waals surface area contributed by atoms with Crippen LogP contribution in [0.25, 0.3) is 11.0 Å². The van der Waals surface area contributed by atoms with Crippen molar-refractivity contribution in [1.29, 1.82) is 0 Å². The fraction of sp³-hybridized carbons (Fsp3) is 0.423. The highest BCUT2D eigenvalue weighted by Crippen LogP contribution is 2.29. The molecule has 7 nitrogen and oxygen atoms in total. The molecule has 0 saturated carbocycles. The minimum absolute atomic E-state index is 0.0161. The molecule has 3 aromatic rings. The summed E-state index contributed by atoms with van der Waals surface area (Å²) in [4.78, 5) is 21.4. The molecule has 1 aliphatic rings. The summed E-state index contributed by atoms with van der Waals surface area (Å²) in [5, 5.41) is 3.64. The quantitative estimate of drug-likeness (QED) is 0.354. The number of ether oxygens (including phenoxy) is 2. The third-order valence-corrected chi connectivity index (χ3v) is 6.47. The molecule has 1 atom stereocenters. The van der Waals surface area contributed by atoms with Gasteiger partial charge in [0.15, 0.2) is 11.5 Å². The van der Waals surface area contributed by atoms with Gasteiger partial charge in [0.25, 0.3) is 5.56 Å². The minimum atomic E-state index is -0.0161. The number of rotatable bonds is 11. The average molecular weight is 527 g/mol. The molecule has 0 aliphatic carbocycles. The third-order valence-electron chi connectivity index (χ3n) is 6.04. The molecule has 1 aliphatic heterocycles. The Morgan fingerprint density at radius 2 is 1.97 bits per heavy atom. The van der Waals surface area contributed by atoms with Crippen LogP contribution in [0.15, 0.2) is 58.1 Å². The monoisotopic (exact) mass is 526 g/mol. The molecule has 0 bridgehead atoms. The van der Waals surface area contributed by atoms with Gasteiger partial charge in [0.2, 0.25) is 0 Å². The lowest BCUT2D eigenvalue weighted by atomic mass is 10.0. The number of aromatic nitrogens is 3. The zero-order chi connectivity index (χ0) is 23.9. The molecular formula is C26H31BrN4O3.